The van der Waals surface area contributed by atoms with E-state index in [0.717, 1.165) is 6.04 Å². The standard InChI is InChI=1S/C18H39N2Si/c1-5-9-13-19(14-10-6-2)18(17-21)20(15-11-7-3)16-12-8-4/h18H,5-17H2,1-4H3. The maximum absolute atomic E-state index is 3.85. The fourth-order valence-electron chi connectivity index (χ4n) is 2.75. The number of unbranched alkanes of at least 4 members (excludes halogenated alkanes) is 4. The van der Waals surface area contributed by atoms with Gasteiger partial charge in [0.25, 0.3) is 0 Å². The molecule has 0 aliphatic carbocycles. The summed E-state index contributed by atoms with van der Waals surface area (Å²) in [7, 11) is 3.85. The van der Waals surface area contributed by atoms with Gasteiger partial charge in [-0.1, -0.05) is 53.4 Å². The normalized spacial score (nSPS) is 12.0. The smallest absolute Gasteiger partial charge is 0.0591 e. The summed E-state index contributed by atoms with van der Waals surface area (Å²) in [6.07, 6.45) is 11.0. The number of hydrogen-bond acceptors (Lipinski definition) is 2. The highest BCUT2D eigenvalue weighted by molar-refractivity contribution is 6.08. The Balaban J connectivity index is 4.73. The second kappa shape index (κ2) is 15.0. The molecule has 0 saturated carbocycles. The van der Waals surface area contributed by atoms with Crippen LogP contribution in [0, 0.1) is 0 Å². The van der Waals surface area contributed by atoms with Gasteiger partial charge in [0.15, 0.2) is 0 Å². The summed E-state index contributed by atoms with van der Waals surface area (Å²) in [5.41, 5.74) is 0. The minimum Gasteiger partial charge on any atom is -0.288 e. The number of hydrogen-bond donors (Lipinski definition) is 0. The van der Waals surface area contributed by atoms with Crippen molar-refractivity contribution >= 4 is 10.2 Å². The Kier molecular flexibility index (Phi) is 15.1. The van der Waals surface area contributed by atoms with E-state index in [1.54, 1.807) is 0 Å². The summed E-state index contributed by atoms with van der Waals surface area (Å²) in [5, 5.41) is 0. The minimum atomic E-state index is 0.581. The molecular weight excluding hydrogens is 272 g/mol. The minimum absolute atomic E-state index is 0.581. The quantitative estimate of drug-likeness (QED) is 0.319. The van der Waals surface area contributed by atoms with E-state index < -0.39 is 0 Å². The highest BCUT2D eigenvalue weighted by atomic mass is 28.1. The van der Waals surface area contributed by atoms with E-state index in [2.05, 4.69) is 47.7 Å². The summed E-state index contributed by atoms with van der Waals surface area (Å²) >= 11 is 0. The number of rotatable bonds is 15. The van der Waals surface area contributed by atoms with Gasteiger partial charge in [-0.3, -0.25) is 9.80 Å². The van der Waals surface area contributed by atoms with Crippen LogP contribution in [-0.2, 0) is 0 Å². The summed E-state index contributed by atoms with van der Waals surface area (Å²) < 4.78 is 0. The zero-order valence-electron chi connectivity index (χ0n) is 15.2. The van der Waals surface area contributed by atoms with Gasteiger partial charge in [-0.15, -0.1) is 0 Å². The molecule has 0 fully saturated rings. The molecule has 3 radical (unpaired) electrons. The van der Waals surface area contributed by atoms with Crippen molar-refractivity contribution in [3.63, 3.8) is 0 Å². The zero-order chi connectivity index (χ0) is 15.9. The SMILES string of the molecule is CCCCN(CCCC)C(C[Si])N(CCCC)CCCC. The fourth-order valence-corrected chi connectivity index (χ4v) is 3.27. The molecule has 2 nitrogen and oxygen atoms in total. The monoisotopic (exact) mass is 311 g/mol. The van der Waals surface area contributed by atoms with E-state index in [1.165, 1.54) is 77.5 Å². The van der Waals surface area contributed by atoms with Crippen LogP contribution < -0.4 is 0 Å². The maximum atomic E-state index is 3.85. The highest BCUT2D eigenvalue weighted by Crippen LogP contribution is 2.15. The first-order valence-corrected chi connectivity index (χ1v) is 10.1. The van der Waals surface area contributed by atoms with Crippen LogP contribution in [0.25, 0.3) is 0 Å². The third-order valence-corrected chi connectivity index (χ3v) is 4.59. The van der Waals surface area contributed by atoms with Gasteiger partial charge in [-0.25, -0.2) is 0 Å². The van der Waals surface area contributed by atoms with Gasteiger partial charge in [0.05, 0.1) is 6.17 Å². The van der Waals surface area contributed by atoms with Crippen LogP contribution in [0.5, 0.6) is 0 Å². The molecule has 0 heterocycles. The molecule has 0 aliphatic heterocycles. The fraction of sp³-hybridized carbons (Fsp3) is 1.00. The van der Waals surface area contributed by atoms with Gasteiger partial charge < -0.3 is 0 Å². The molecule has 0 bridgehead atoms. The van der Waals surface area contributed by atoms with E-state index in [1.807, 2.05) is 0 Å². The molecule has 0 aromatic rings. The predicted molar refractivity (Wildman–Crippen MR) is 97.1 cm³/mol. The first kappa shape index (κ1) is 21.1. The van der Waals surface area contributed by atoms with Crippen molar-refractivity contribution in [2.45, 2.75) is 91.3 Å². The van der Waals surface area contributed by atoms with Crippen LogP contribution >= 0.6 is 0 Å². The van der Waals surface area contributed by atoms with Crippen LogP contribution in [0.3, 0.4) is 0 Å². The van der Waals surface area contributed by atoms with Crippen molar-refractivity contribution in [1.29, 1.82) is 0 Å². The average Bonchev–Trinajstić information content (AvgIpc) is 2.51. The van der Waals surface area contributed by atoms with Gasteiger partial charge in [-0.2, -0.15) is 0 Å². The molecule has 0 aromatic carbocycles. The van der Waals surface area contributed by atoms with Crippen molar-refractivity contribution in [2.75, 3.05) is 26.2 Å². The van der Waals surface area contributed by atoms with Gasteiger partial charge in [0, 0.05) is 10.2 Å². The topological polar surface area (TPSA) is 6.48 Å². The van der Waals surface area contributed by atoms with Crippen LogP contribution in [0.15, 0.2) is 0 Å². The Morgan fingerprint density at radius 2 is 0.905 bits per heavy atom. The van der Waals surface area contributed by atoms with Crippen LogP contribution in [-0.4, -0.2) is 52.4 Å². The van der Waals surface area contributed by atoms with Crippen molar-refractivity contribution in [1.82, 2.24) is 9.80 Å². The Labute approximate surface area is 138 Å². The van der Waals surface area contributed by atoms with E-state index in [-0.39, 0.29) is 0 Å². The Bertz CT molecular complexity index is 175. The average molecular weight is 312 g/mol. The van der Waals surface area contributed by atoms with E-state index >= 15 is 0 Å². The first-order valence-electron chi connectivity index (χ1n) is 9.37. The molecule has 0 spiro atoms. The summed E-state index contributed by atoms with van der Waals surface area (Å²) in [6.45, 7) is 14.2. The maximum Gasteiger partial charge on any atom is 0.0591 e. The lowest BCUT2D eigenvalue weighted by atomic mass is 10.2. The van der Waals surface area contributed by atoms with Gasteiger partial charge in [0.2, 0.25) is 0 Å². The molecule has 0 aromatic heterocycles. The summed E-state index contributed by atoms with van der Waals surface area (Å²) in [6, 6.07) is 1.07. The number of nitrogens with zero attached hydrogens (tertiary/aromatic N) is 2. The van der Waals surface area contributed by atoms with Gasteiger partial charge >= 0.3 is 0 Å². The molecule has 3 heteroatoms. The Morgan fingerprint density at radius 1 is 0.619 bits per heavy atom. The molecule has 0 rings (SSSR count). The second-order valence-electron chi connectivity index (χ2n) is 6.17. The molecule has 0 N–H and O–H groups in total. The molecule has 0 aliphatic rings. The molecule has 0 unspecified atom stereocenters. The van der Waals surface area contributed by atoms with Gasteiger partial charge in [0.1, 0.15) is 0 Å². The van der Waals surface area contributed by atoms with Crippen LogP contribution in [0.1, 0.15) is 79.1 Å². The molecule has 21 heavy (non-hydrogen) atoms. The van der Waals surface area contributed by atoms with E-state index in [4.69, 9.17) is 0 Å². The van der Waals surface area contributed by atoms with Gasteiger partial charge in [-0.05, 0) is 57.9 Å². The van der Waals surface area contributed by atoms with Crippen LogP contribution in [0.4, 0.5) is 0 Å². The van der Waals surface area contributed by atoms with Crippen LogP contribution in [0.2, 0.25) is 6.04 Å². The van der Waals surface area contributed by atoms with Crippen molar-refractivity contribution in [2.24, 2.45) is 0 Å². The Morgan fingerprint density at radius 3 is 1.10 bits per heavy atom. The second-order valence-corrected chi connectivity index (χ2v) is 6.58. The lowest BCUT2D eigenvalue weighted by molar-refractivity contribution is 0.0505. The molecular formula is C18H39N2Si. The third kappa shape index (κ3) is 9.70. The molecule has 125 valence electrons. The molecule has 0 amide bonds. The van der Waals surface area contributed by atoms with E-state index in [9.17, 15) is 0 Å². The third-order valence-electron chi connectivity index (χ3n) is 4.22. The lowest BCUT2D eigenvalue weighted by Gasteiger charge is -2.40. The predicted octanol–water partition coefficient (Wildman–Crippen LogP) is 4.70. The summed E-state index contributed by atoms with van der Waals surface area (Å²) in [4.78, 5) is 5.46. The zero-order valence-corrected chi connectivity index (χ0v) is 16.2. The molecule has 0 saturated heterocycles. The molecule has 0 atom stereocenters. The van der Waals surface area contributed by atoms with Crippen molar-refractivity contribution < 1.29 is 0 Å². The van der Waals surface area contributed by atoms with Crippen molar-refractivity contribution in [3.8, 4) is 0 Å². The largest absolute Gasteiger partial charge is 0.288 e. The highest BCUT2D eigenvalue weighted by Gasteiger charge is 2.22. The van der Waals surface area contributed by atoms with Crippen molar-refractivity contribution in [3.05, 3.63) is 0 Å². The Hall–Kier alpha value is 0.137. The lowest BCUT2D eigenvalue weighted by Crippen LogP contribution is -2.49. The first-order chi connectivity index (χ1) is 10.2. The summed E-state index contributed by atoms with van der Waals surface area (Å²) in [5.74, 6) is 0. The van der Waals surface area contributed by atoms with E-state index in [0.29, 0.717) is 6.17 Å².